The van der Waals surface area contributed by atoms with Crippen LogP contribution in [0.1, 0.15) is 52.9 Å². The van der Waals surface area contributed by atoms with Crippen molar-refractivity contribution in [1.82, 2.24) is 10.2 Å². The van der Waals surface area contributed by atoms with Crippen molar-refractivity contribution in [2.45, 2.75) is 70.6 Å². The number of likely N-dealkylation sites (tertiary alicyclic amines) is 1. The maximum absolute atomic E-state index is 12.3. The number of carbonyl (C=O) groups is 2. The van der Waals surface area contributed by atoms with Crippen LogP contribution in [0, 0.1) is 5.92 Å². The summed E-state index contributed by atoms with van der Waals surface area (Å²) in [4.78, 5) is 26.1. The first-order chi connectivity index (χ1) is 10.7. The molecule has 2 aliphatic heterocycles. The Morgan fingerprint density at radius 1 is 1.17 bits per heavy atom. The molecule has 2 saturated heterocycles. The summed E-state index contributed by atoms with van der Waals surface area (Å²) in [6.45, 7) is 7.42. The molecular formula is C17H30N2O4. The van der Waals surface area contributed by atoms with Crippen molar-refractivity contribution in [2.75, 3.05) is 19.6 Å². The first-order valence-electron chi connectivity index (χ1n) is 8.66. The van der Waals surface area contributed by atoms with E-state index in [0.29, 0.717) is 38.4 Å². The molecule has 6 heteroatoms. The van der Waals surface area contributed by atoms with E-state index in [9.17, 15) is 14.7 Å². The van der Waals surface area contributed by atoms with Crippen molar-refractivity contribution in [3.63, 3.8) is 0 Å². The molecule has 2 heterocycles. The van der Waals surface area contributed by atoms with Gasteiger partial charge in [-0.25, -0.2) is 4.79 Å². The minimum atomic E-state index is -0.471. The lowest BCUT2D eigenvalue weighted by atomic mass is 9.88. The number of ketones is 1. The normalized spacial score (nSPS) is 26.9. The van der Waals surface area contributed by atoms with Crippen LogP contribution in [0.25, 0.3) is 0 Å². The van der Waals surface area contributed by atoms with Gasteiger partial charge in [-0.05, 0) is 52.4 Å². The zero-order valence-electron chi connectivity index (χ0n) is 14.5. The van der Waals surface area contributed by atoms with E-state index in [-0.39, 0.29) is 24.0 Å². The van der Waals surface area contributed by atoms with Gasteiger partial charge in [-0.3, -0.25) is 4.79 Å². The maximum Gasteiger partial charge on any atom is 0.410 e. The number of hydrogen-bond donors (Lipinski definition) is 2. The third kappa shape index (κ3) is 5.77. The van der Waals surface area contributed by atoms with Crippen molar-refractivity contribution >= 4 is 11.9 Å². The maximum atomic E-state index is 12.3. The summed E-state index contributed by atoms with van der Waals surface area (Å²) < 4.78 is 5.39. The lowest BCUT2D eigenvalue weighted by molar-refractivity contribution is -0.123. The fraction of sp³-hybridized carbons (Fsp3) is 0.882. The Kier molecular flexibility index (Phi) is 6.03. The minimum Gasteiger partial charge on any atom is -0.444 e. The molecule has 0 aromatic carbocycles. The summed E-state index contributed by atoms with van der Waals surface area (Å²) in [7, 11) is 0. The van der Waals surface area contributed by atoms with Gasteiger partial charge in [0, 0.05) is 26.1 Å². The lowest BCUT2D eigenvalue weighted by Gasteiger charge is -2.34. The molecule has 0 spiro atoms. The van der Waals surface area contributed by atoms with Gasteiger partial charge in [-0.15, -0.1) is 0 Å². The zero-order chi connectivity index (χ0) is 17.0. The van der Waals surface area contributed by atoms with Crippen molar-refractivity contribution < 1.29 is 19.4 Å². The second-order valence-corrected chi connectivity index (χ2v) is 7.77. The third-order valence-corrected chi connectivity index (χ3v) is 4.53. The minimum absolute atomic E-state index is 0.109. The first kappa shape index (κ1) is 18.2. The van der Waals surface area contributed by atoms with Gasteiger partial charge < -0.3 is 20.1 Å². The van der Waals surface area contributed by atoms with Crippen molar-refractivity contribution in [3.8, 4) is 0 Å². The van der Waals surface area contributed by atoms with E-state index >= 15 is 0 Å². The van der Waals surface area contributed by atoms with Gasteiger partial charge in [0.05, 0.1) is 12.1 Å². The Morgan fingerprint density at radius 3 is 2.35 bits per heavy atom. The molecule has 132 valence electrons. The predicted octanol–water partition coefficient (Wildman–Crippen LogP) is 1.71. The molecule has 6 nitrogen and oxygen atoms in total. The first-order valence-corrected chi connectivity index (χ1v) is 8.66. The SMILES string of the molecule is CC(C)(C)OC(=O)N1CCC(CC(=O)[C@@H]2CC[C@H](O)CN2)CC1. The number of carbonyl (C=O) groups excluding carboxylic acids is 2. The molecule has 2 aliphatic rings. The number of nitrogens with one attached hydrogen (secondary N) is 1. The summed E-state index contributed by atoms with van der Waals surface area (Å²) in [6, 6.07) is -0.109. The molecule has 0 radical (unpaired) electrons. The number of piperidine rings is 2. The van der Waals surface area contributed by atoms with E-state index in [4.69, 9.17) is 4.74 Å². The molecule has 0 saturated carbocycles. The van der Waals surface area contributed by atoms with Crippen LogP contribution in [0.2, 0.25) is 0 Å². The second kappa shape index (κ2) is 7.62. The summed E-state index contributed by atoms with van der Waals surface area (Å²) >= 11 is 0. The largest absolute Gasteiger partial charge is 0.444 e. The molecule has 1 amide bonds. The van der Waals surface area contributed by atoms with E-state index in [2.05, 4.69) is 5.32 Å². The topological polar surface area (TPSA) is 78.9 Å². The Hall–Kier alpha value is -1.14. The Bertz CT molecular complexity index is 417. The summed E-state index contributed by atoms with van der Waals surface area (Å²) in [5, 5.41) is 12.6. The van der Waals surface area contributed by atoms with Crippen LogP contribution in [0.3, 0.4) is 0 Å². The van der Waals surface area contributed by atoms with Crippen molar-refractivity contribution in [1.29, 1.82) is 0 Å². The highest BCUT2D eigenvalue weighted by atomic mass is 16.6. The van der Waals surface area contributed by atoms with E-state index in [0.717, 1.165) is 19.3 Å². The van der Waals surface area contributed by atoms with Gasteiger partial charge in [0.2, 0.25) is 0 Å². The van der Waals surface area contributed by atoms with Gasteiger partial charge in [0.15, 0.2) is 0 Å². The van der Waals surface area contributed by atoms with Gasteiger partial charge in [0.1, 0.15) is 11.4 Å². The molecule has 2 atom stereocenters. The van der Waals surface area contributed by atoms with Crippen molar-refractivity contribution in [3.05, 3.63) is 0 Å². The fourth-order valence-corrected chi connectivity index (χ4v) is 3.19. The van der Waals surface area contributed by atoms with E-state index < -0.39 is 5.60 Å². The highest BCUT2D eigenvalue weighted by molar-refractivity contribution is 5.84. The predicted molar refractivity (Wildman–Crippen MR) is 87.2 cm³/mol. The van der Waals surface area contributed by atoms with Crippen LogP contribution in [0.5, 0.6) is 0 Å². The van der Waals surface area contributed by atoms with Crippen LogP contribution in [0.15, 0.2) is 0 Å². The van der Waals surface area contributed by atoms with Crippen LogP contribution < -0.4 is 5.32 Å². The summed E-state index contributed by atoms with van der Waals surface area (Å²) in [5.74, 6) is 0.586. The number of β-amino-alcohol motifs (C(OH)–C–C–N with tert-alkyl or cyclic N) is 1. The van der Waals surface area contributed by atoms with Crippen LogP contribution in [-0.4, -0.2) is 59.3 Å². The number of amides is 1. The van der Waals surface area contributed by atoms with Gasteiger partial charge in [-0.1, -0.05) is 0 Å². The molecule has 0 aliphatic carbocycles. The van der Waals surface area contributed by atoms with Crippen LogP contribution in [-0.2, 0) is 9.53 Å². The number of nitrogens with zero attached hydrogens (tertiary/aromatic N) is 1. The molecule has 2 fully saturated rings. The molecule has 0 aromatic rings. The summed E-state index contributed by atoms with van der Waals surface area (Å²) in [5.41, 5.74) is -0.471. The quantitative estimate of drug-likeness (QED) is 0.825. The highest BCUT2D eigenvalue weighted by Crippen LogP contribution is 2.24. The number of Topliss-reactive ketones (excluding diaryl/α,β-unsaturated/α-hetero) is 1. The molecule has 0 aromatic heterocycles. The smallest absolute Gasteiger partial charge is 0.410 e. The molecule has 2 rings (SSSR count). The van der Waals surface area contributed by atoms with Gasteiger partial charge in [-0.2, -0.15) is 0 Å². The lowest BCUT2D eigenvalue weighted by Crippen LogP contribution is -2.47. The number of rotatable bonds is 3. The van der Waals surface area contributed by atoms with Gasteiger partial charge >= 0.3 is 6.09 Å². The Balaban J connectivity index is 1.72. The van der Waals surface area contributed by atoms with Crippen molar-refractivity contribution in [2.24, 2.45) is 5.92 Å². The average Bonchev–Trinajstić information content (AvgIpc) is 2.46. The van der Waals surface area contributed by atoms with Crippen LogP contribution in [0.4, 0.5) is 4.79 Å². The molecular weight excluding hydrogens is 296 g/mol. The molecule has 0 bridgehead atoms. The Labute approximate surface area is 138 Å². The highest BCUT2D eigenvalue weighted by Gasteiger charge is 2.30. The second-order valence-electron chi connectivity index (χ2n) is 7.77. The number of aliphatic hydroxyl groups excluding tert-OH is 1. The fourth-order valence-electron chi connectivity index (χ4n) is 3.19. The van der Waals surface area contributed by atoms with E-state index in [1.165, 1.54) is 0 Å². The average molecular weight is 326 g/mol. The zero-order valence-corrected chi connectivity index (χ0v) is 14.5. The number of aliphatic hydroxyl groups is 1. The molecule has 23 heavy (non-hydrogen) atoms. The molecule has 2 N–H and O–H groups in total. The van der Waals surface area contributed by atoms with E-state index in [1.807, 2.05) is 20.8 Å². The Morgan fingerprint density at radius 2 is 1.83 bits per heavy atom. The third-order valence-electron chi connectivity index (χ3n) is 4.53. The summed E-state index contributed by atoms with van der Waals surface area (Å²) in [6.07, 6.45) is 3.09. The number of hydrogen-bond acceptors (Lipinski definition) is 5. The standard InChI is InChI=1S/C17H30N2O4/c1-17(2,3)23-16(22)19-8-6-12(7-9-19)10-15(21)14-5-4-13(20)11-18-14/h12-14,18,20H,4-11H2,1-3H3/t13-,14-/m0/s1. The number of ether oxygens (including phenoxy) is 1. The van der Waals surface area contributed by atoms with Gasteiger partial charge in [0.25, 0.3) is 0 Å². The van der Waals surface area contributed by atoms with Crippen LogP contribution >= 0.6 is 0 Å². The molecule has 0 unspecified atom stereocenters. The van der Waals surface area contributed by atoms with E-state index in [1.54, 1.807) is 4.90 Å². The monoisotopic (exact) mass is 326 g/mol.